The Balaban J connectivity index is 1.97. The van der Waals surface area contributed by atoms with Crippen molar-refractivity contribution in [2.24, 2.45) is 5.92 Å². The zero-order chi connectivity index (χ0) is 24.3. The third-order valence-corrected chi connectivity index (χ3v) is 10.9. The molecule has 1 fully saturated rings. The van der Waals surface area contributed by atoms with Gasteiger partial charge in [-0.3, -0.25) is 19.7 Å². The van der Waals surface area contributed by atoms with Gasteiger partial charge in [0.1, 0.15) is 13.2 Å². The van der Waals surface area contributed by atoms with Crippen molar-refractivity contribution in [3.63, 3.8) is 0 Å². The largest absolute Gasteiger partial charge is 0.459 e. The lowest BCUT2D eigenvalue weighted by molar-refractivity contribution is -0.384. The number of amides is 1. The average Bonchev–Trinajstić information content (AvgIpc) is 2.69. The number of non-ortho nitro benzene ring substituents is 1. The number of likely N-dealkylation sites (tertiary alicyclic amines) is 1. The first kappa shape index (κ1) is 25.6. The molecule has 1 saturated heterocycles. The topological polar surface area (TPSA) is 99.0 Å². The lowest BCUT2D eigenvalue weighted by atomic mass is 9.81. The SMILES string of the molecule is C#CC[C@@H]1[C@@H]([C@@H](C)O[Si](C)(C)C(C)(C)C)C(=O)N1CC(=O)OCc1ccc([N+](=O)[O-])cc1. The van der Waals surface area contributed by atoms with Crippen LogP contribution in [-0.2, 0) is 25.4 Å². The van der Waals surface area contributed by atoms with Crippen molar-refractivity contribution in [2.75, 3.05) is 6.54 Å². The minimum Gasteiger partial charge on any atom is -0.459 e. The van der Waals surface area contributed by atoms with Gasteiger partial charge in [0.2, 0.25) is 5.91 Å². The summed E-state index contributed by atoms with van der Waals surface area (Å²) in [4.78, 5) is 36.9. The Kier molecular flexibility index (Phi) is 7.86. The smallest absolute Gasteiger partial charge is 0.325 e. The zero-order valence-electron chi connectivity index (χ0n) is 19.6. The van der Waals surface area contributed by atoms with Gasteiger partial charge in [-0.2, -0.15) is 0 Å². The first-order chi connectivity index (χ1) is 14.8. The highest BCUT2D eigenvalue weighted by Crippen LogP contribution is 2.40. The minimum atomic E-state index is -2.07. The summed E-state index contributed by atoms with van der Waals surface area (Å²) < 4.78 is 11.6. The quantitative estimate of drug-likeness (QED) is 0.138. The van der Waals surface area contributed by atoms with Crippen molar-refractivity contribution in [1.82, 2.24) is 4.90 Å². The van der Waals surface area contributed by atoms with Gasteiger partial charge in [-0.15, -0.1) is 12.3 Å². The monoisotopic (exact) mass is 460 g/mol. The molecule has 0 spiro atoms. The van der Waals surface area contributed by atoms with E-state index in [1.54, 1.807) is 0 Å². The molecule has 2 rings (SSSR count). The number of hydrogen-bond acceptors (Lipinski definition) is 6. The minimum absolute atomic E-state index is 0.0109. The van der Waals surface area contributed by atoms with E-state index in [-0.39, 0.29) is 47.8 Å². The van der Waals surface area contributed by atoms with Crippen molar-refractivity contribution in [3.8, 4) is 12.3 Å². The maximum absolute atomic E-state index is 12.9. The van der Waals surface area contributed by atoms with Gasteiger partial charge in [-0.05, 0) is 42.8 Å². The first-order valence-corrected chi connectivity index (χ1v) is 13.5. The summed E-state index contributed by atoms with van der Waals surface area (Å²) in [6.07, 6.45) is 5.55. The van der Waals surface area contributed by atoms with Crippen molar-refractivity contribution >= 4 is 25.9 Å². The number of carbonyl (C=O) groups is 2. The van der Waals surface area contributed by atoms with E-state index in [9.17, 15) is 19.7 Å². The molecule has 1 aliphatic rings. The van der Waals surface area contributed by atoms with E-state index in [1.165, 1.54) is 29.2 Å². The van der Waals surface area contributed by atoms with E-state index < -0.39 is 19.2 Å². The van der Waals surface area contributed by atoms with Crippen LogP contribution in [-0.4, -0.2) is 48.7 Å². The molecule has 0 saturated carbocycles. The molecule has 0 unspecified atom stereocenters. The summed E-state index contributed by atoms with van der Waals surface area (Å²) in [7, 11) is -2.07. The standard InChI is InChI=1S/C23H32N2O6Si/c1-8-9-19-21(16(2)31-32(6,7)23(3,4)5)22(27)24(19)14-20(26)30-15-17-10-12-18(13-11-17)25(28)29/h1,10-13,16,19,21H,9,14-15H2,2-7H3/t16-,19-,21-/m1/s1. The van der Waals surface area contributed by atoms with Crippen LogP contribution in [0.3, 0.4) is 0 Å². The lowest BCUT2D eigenvalue weighted by Crippen LogP contribution is -2.66. The molecule has 1 heterocycles. The summed E-state index contributed by atoms with van der Waals surface area (Å²) in [5, 5.41) is 10.7. The van der Waals surface area contributed by atoms with Gasteiger partial charge in [0.25, 0.3) is 5.69 Å². The number of ether oxygens (including phenoxy) is 1. The van der Waals surface area contributed by atoms with E-state index in [0.717, 1.165) is 0 Å². The number of β-lactam (4-membered cyclic amide) rings is 1. The Morgan fingerprint density at radius 2 is 1.91 bits per heavy atom. The highest BCUT2D eigenvalue weighted by Gasteiger charge is 2.52. The number of terminal acetylenes is 1. The Morgan fingerprint density at radius 3 is 2.41 bits per heavy atom. The molecule has 8 nitrogen and oxygen atoms in total. The van der Waals surface area contributed by atoms with Gasteiger partial charge in [0.15, 0.2) is 8.32 Å². The Hall–Kier alpha value is -2.70. The molecule has 3 atom stereocenters. The van der Waals surface area contributed by atoms with Gasteiger partial charge in [0, 0.05) is 18.6 Å². The van der Waals surface area contributed by atoms with Crippen LogP contribution in [0, 0.1) is 28.4 Å². The first-order valence-electron chi connectivity index (χ1n) is 10.6. The fourth-order valence-electron chi connectivity index (χ4n) is 3.48. The Labute approximate surface area is 190 Å². The molecular formula is C23H32N2O6Si. The van der Waals surface area contributed by atoms with Crippen molar-refractivity contribution in [2.45, 2.75) is 71.0 Å². The van der Waals surface area contributed by atoms with Crippen LogP contribution in [0.15, 0.2) is 24.3 Å². The van der Waals surface area contributed by atoms with E-state index in [4.69, 9.17) is 15.6 Å². The summed E-state index contributed by atoms with van der Waals surface area (Å²) in [6.45, 7) is 12.4. The molecule has 1 aromatic rings. The van der Waals surface area contributed by atoms with Crippen LogP contribution in [0.1, 0.15) is 39.7 Å². The number of hydrogen-bond donors (Lipinski definition) is 0. The third kappa shape index (κ3) is 5.75. The molecule has 1 aromatic carbocycles. The molecule has 0 aliphatic carbocycles. The maximum atomic E-state index is 12.9. The van der Waals surface area contributed by atoms with Crippen LogP contribution in [0.5, 0.6) is 0 Å². The van der Waals surface area contributed by atoms with Crippen LogP contribution in [0.4, 0.5) is 5.69 Å². The molecular weight excluding hydrogens is 428 g/mol. The lowest BCUT2D eigenvalue weighted by Gasteiger charge is -2.50. The predicted molar refractivity (Wildman–Crippen MR) is 123 cm³/mol. The van der Waals surface area contributed by atoms with Gasteiger partial charge in [-0.1, -0.05) is 20.8 Å². The number of nitro groups is 1. The number of carbonyl (C=O) groups excluding carboxylic acids is 2. The number of rotatable bonds is 9. The van der Waals surface area contributed by atoms with Crippen molar-refractivity contribution in [1.29, 1.82) is 0 Å². The molecule has 0 bridgehead atoms. The van der Waals surface area contributed by atoms with E-state index in [1.807, 2.05) is 6.92 Å². The van der Waals surface area contributed by atoms with E-state index in [0.29, 0.717) is 12.0 Å². The predicted octanol–water partition coefficient (Wildman–Crippen LogP) is 3.90. The van der Waals surface area contributed by atoms with Crippen LogP contribution >= 0.6 is 0 Å². The highest BCUT2D eigenvalue weighted by molar-refractivity contribution is 6.74. The highest BCUT2D eigenvalue weighted by atomic mass is 28.4. The molecule has 0 N–H and O–H groups in total. The summed E-state index contributed by atoms with van der Waals surface area (Å²) in [5.74, 6) is 1.49. The number of nitrogens with zero attached hydrogens (tertiary/aromatic N) is 2. The molecule has 0 radical (unpaired) electrons. The van der Waals surface area contributed by atoms with E-state index in [2.05, 4.69) is 39.8 Å². The third-order valence-electron chi connectivity index (χ3n) is 6.35. The van der Waals surface area contributed by atoms with Crippen LogP contribution in [0.25, 0.3) is 0 Å². The second kappa shape index (κ2) is 9.84. The second-order valence-corrected chi connectivity index (χ2v) is 14.4. The normalized spacial score (nSPS) is 19.7. The molecule has 0 aromatic heterocycles. The van der Waals surface area contributed by atoms with Gasteiger partial charge >= 0.3 is 5.97 Å². The average molecular weight is 461 g/mol. The van der Waals surface area contributed by atoms with Crippen molar-refractivity contribution in [3.05, 3.63) is 39.9 Å². The Morgan fingerprint density at radius 1 is 1.31 bits per heavy atom. The van der Waals surface area contributed by atoms with Crippen molar-refractivity contribution < 1.29 is 23.7 Å². The van der Waals surface area contributed by atoms with Gasteiger partial charge in [-0.25, -0.2) is 0 Å². The zero-order valence-corrected chi connectivity index (χ0v) is 20.6. The maximum Gasteiger partial charge on any atom is 0.325 e. The number of nitro benzene ring substituents is 1. The summed E-state index contributed by atoms with van der Waals surface area (Å²) >= 11 is 0. The van der Waals surface area contributed by atoms with Gasteiger partial charge in [0.05, 0.1) is 23.0 Å². The molecule has 1 amide bonds. The molecule has 9 heteroatoms. The Bertz CT molecular complexity index is 901. The van der Waals surface area contributed by atoms with Gasteiger partial charge < -0.3 is 14.1 Å². The molecule has 32 heavy (non-hydrogen) atoms. The second-order valence-electron chi connectivity index (χ2n) is 9.64. The molecule has 1 aliphatic heterocycles. The fourth-order valence-corrected chi connectivity index (χ4v) is 4.90. The van der Waals surface area contributed by atoms with E-state index >= 15 is 0 Å². The fraction of sp³-hybridized carbons (Fsp3) is 0.565. The number of esters is 1. The van der Waals surface area contributed by atoms with Crippen LogP contribution in [0.2, 0.25) is 18.1 Å². The number of benzene rings is 1. The molecule has 174 valence electrons. The summed E-state index contributed by atoms with van der Waals surface area (Å²) in [6, 6.07) is 5.46. The summed E-state index contributed by atoms with van der Waals surface area (Å²) in [5.41, 5.74) is 0.580. The van der Waals surface area contributed by atoms with Crippen LogP contribution < -0.4 is 0 Å².